The second-order valence-corrected chi connectivity index (χ2v) is 5.69. The van der Waals surface area contributed by atoms with Crippen molar-refractivity contribution in [3.8, 4) is 0 Å². The molecular formula is C11H21N3O4. The molecule has 0 bridgehead atoms. The van der Waals surface area contributed by atoms with Gasteiger partial charge in [-0.3, -0.25) is 4.84 Å². The number of hydroxylamine groups is 2. The molecule has 0 radical (unpaired) electrons. The van der Waals surface area contributed by atoms with Crippen LogP contribution in [0.25, 0.3) is 0 Å². The van der Waals surface area contributed by atoms with E-state index in [0.717, 1.165) is 0 Å². The van der Waals surface area contributed by atoms with Crippen molar-refractivity contribution >= 4 is 6.09 Å². The fourth-order valence-electron chi connectivity index (χ4n) is 2.08. The number of piperidine rings is 1. The van der Waals surface area contributed by atoms with Crippen molar-refractivity contribution in [1.29, 1.82) is 0 Å². The van der Waals surface area contributed by atoms with Crippen LogP contribution >= 0.6 is 0 Å². The Morgan fingerprint density at radius 2 is 1.94 bits per heavy atom. The molecular weight excluding hydrogens is 238 g/mol. The smallest absolute Gasteiger partial charge is 0.410 e. The molecule has 2 rings (SSSR count). The Bertz CT molecular complexity index is 321. The van der Waals surface area contributed by atoms with E-state index in [9.17, 15) is 4.79 Å². The number of ether oxygens (including phenoxy) is 1. The van der Waals surface area contributed by atoms with Crippen LogP contribution in [0.4, 0.5) is 4.79 Å². The van der Waals surface area contributed by atoms with Crippen LogP contribution in [0.5, 0.6) is 0 Å². The average Bonchev–Trinajstić information content (AvgIpc) is 2.59. The average molecular weight is 259 g/mol. The van der Waals surface area contributed by atoms with Gasteiger partial charge in [-0.1, -0.05) is 5.64 Å². The summed E-state index contributed by atoms with van der Waals surface area (Å²) in [5.74, 6) is 0. The molecule has 18 heavy (non-hydrogen) atoms. The van der Waals surface area contributed by atoms with E-state index in [-0.39, 0.29) is 6.09 Å². The minimum absolute atomic E-state index is 0.271. The van der Waals surface area contributed by atoms with Crippen molar-refractivity contribution in [3.05, 3.63) is 0 Å². The van der Waals surface area contributed by atoms with Gasteiger partial charge in [0.1, 0.15) is 5.60 Å². The summed E-state index contributed by atoms with van der Waals surface area (Å²) in [4.78, 5) is 24.0. The Morgan fingerprint density at radius 1 is 1.33 bits per heavy atom. The molecule has 2 saturated heterocycles. The third-order valence-electron chi connectivity index (χ3n) is 3.18. The summed E-state index contributed by atoms with van der Waals surface area (Å²) in [6.45, 7) is 6.76. The molecule has 2 aliphatic rings. The topological polar surface area (TPSA) is 63.3 Å². The Balaban J connectivity index is 1.89. The second-order valence-electron chi connectivity index (χ2n) is 5.69. The molecule has 0 aliphatic carbocycles. The monoisotopic (exact) mass is 259 g/mol. The highest BCUT2D eigenvalue weighted by Gasteiger charge is 2.46. The van der Waals surface area contributed by atoms with Crippen molar-refractivity contribution in [2.45, 2.75) is 44.9 Å². The zero-order chi connectivity index (χ0) is 13.4. The summed E-state index contributed by atoms with van der Waals surface area (Å²) in [7, 11) is 1.81. The predicted octanol–water partition coefficient (Wildman–Crippen LogP) is 1.03. The standard InChI is InChI=1S/C11H21N3O4/c1-10(2,3)16-9(15)14-7-5-11(6-8-14)13(4)18-12-17-11/h12H,5-8H2,1-4H3. The van der Waals surface area contributed by atoms with E-state index < -0.39 is 11.3 Å². The third-order valence-corrected chi connectivity index (χ3v) is 3.18. The molecule has 7 heteroatoms. The van der Waals surface area contributed by atoms with E-state index in [1.165, 1.54) is 0 Å². The van der Waals surface area contributed by atoms with Gasteiger partial charge in [-0.15, -0.1) is 5.06 Å². The Hall–Kier alpha value is -0.890. The highest BCUT2D eigenvalue weighted by molar-refractivity contribution is 5.68. The fourth-order valence-corrected chi connectivity index (χ4v) is 2.08. The molecule has 2 heterocycles. The van der Waals surface area contributed by atoms with Crippen LogP contribution in [0.2, 0.25) is 0 Å². The highest BCUT2D eigenvalue weighted by Crippen LogP contribution is 2.32. The maximum Gasteiger partial charge on any atom is 0.410 e. The van der Waals surface area contributed by atoms with Gasteiger partial charge in [-0.25, -0.2) is 4.79 Å². The van der Waals surface area contributed by atoms with Crippen LogP contribution in [-0.2, 0) is 14.5 Å². The van der Waals surface area contributed by atoms with Crippen LogP contribution in [-0.4, -0.2) is 47.5 Å². The number of carbonyl (C=O) groups is 1. The molecule has 0 aromatic heterocycles. The number of carbonyl (C=O) groups excluding carboxylic acids is 1. The van der Waals surface area contributed by atoms with Gasteiger partial charge < -0.3 is 9.64 Å². The molecule has 7 nitrogen and oxygen atoms in total. The summed E-state index contributed by atoms with van der Waals surface area (Å²) in [6, 6.07) is 0. The number of hydrogen-bond acceptors (Lipinski definition) is 6. The quantitative estimate of drug-likeness (QED) is 0.701. The number of rotatable bonds is 0. The number of likely N-dealkylation sites (tertiary alicyclic amines) is 1. The van der Waals surface area contributed by atoms with Gasteiger partial charge in [0.05, 0.1) is 0 Å². The van der Waals surface area contributed by atoms with Crippen LogP contribution in [0.15, 0.2) is 0 Å². The first kappa shape index (κ1) is 13.5. The Labute approximate surface area is 107 Å². The van der Waals surface area contributed by atoms with Gasteiger partial charge >= 0.3 is 6.09 Å². The summed E-state index contributed by atoms with van der Waals surface area (Å²) in [6.07, 6.45) is 1.08. The number of nitrogens with one attached hydrogen (secondary N) is 1. The van der Waals surface area contributed by atoms with Crippen LogP contribution in [0.3, 0.4) is 0 Å². The molecule has 1 N–H and O–H groups in total. The lowest BCUT2D eigenvalue weighted by Crippen LogP contribution is -2.53. The van der Waals surface area contributed by atoms with Crippen LogP contribution in [0.1, 0.15) is 33.6 Å². The lowest BCUT2D eigenvalue weighted by atomic mass is 10.0. The van der Waals surface area contributed by atoms with E-state index >= 15 is 0 Å². The summed E-state index contributed by atoms with van der Waals surface area (Å²) in [5.41, 5.74) is 1.47. The molecule has 2 aliphatic heterocycles. The van der Waals surface area contributed by atoms with Gasteiger partial charge in [-0.05, 0) is 20.8 Å². The van der Waals surface area contributed by atoms with Gasteiger partial charge in [0.25, 0.3) is 0 Å². The van der Waals surface area contributed by atoms with E-state index in [1.807, 2.05) is 27.8 Å². The van der Waals surface area contributed by atoms with Crippen LogP contribution < -0.4 is 5.64 Å². The zero-order valence-corrected chi connectivity index (χ0v) is 11.4. The molecule has 0 saturated carbocycles. The Morgan fingerprint density at radius 3 is 2.39 bits per heavy atom. The molecule has 2 fully saturated rings. The highest BCUT2D eigenvalue weighted by atomic mass is 17.1. The van der Waals surface area contributed by atoms with Crippen molar-refractivity contribution < 1.29 is 19.3 Å². The molecule has 0 aromatic carbocycles. The maximum atomic E-state index is 11.9. The maximum absolute atomic E-state index is 11.9. The minimum Gasteiger partial charge on any atom is -0.444 e. The first-order valence-electron chi connectivity index (χ1n) is 6.14. The molecule has 0 unspecified atom stereocenters. The van der Waals surface area contributed by atoms with Crippen molar-refractivity contribution in [3.63, 3.8) is 0 Å². The molecule has 0 atom stereocenters. The van der Waals surface area contributed by atoms with Gasteiger partial charge in [0.2, 0.25) is 0 Å². The molecule has 104 valence electrons. The van der Waals surface area contributed by atoms with E-state index in [4.69, 9.17) is 14.5 Å². The largest absolute Gasteiger partial charge is 0.444 e. The third kappa shape index (κ3) is 2.74. The molecule has 0 aromatic rings. The molecule has 1 amide bonds. The number of amides is 1. The predicted molar refractivity (Wildman–Crippen MR) is 62.8 cm³/mol. The SMILES string of the molecule is CN1ONOC12CCN(C(=O)OC(C)(C)C)CC2. The fraction of sp³-hybridized carbons (Fsp3) is 0.909. The van der Waals surface area contributed by atoms with Crippen LogP contribution in [0, 0.1) is 0 Å². The van der Waals surface area contributed by atoms with Gasteiger partial charge in [0, 0.05) is 33.0 Å². The normalized spacial score (nSPS) is 24.6. The van der Waals surface area contributed by atoms with E-state index in [2.05, 4.69) is 5.64 Å². The summed E-state index contributed by atoms with van der Waals surface area (Å²) < 4.78 is 5.34. The minimum atomic E-state index is -0.474. The van der Waals surface area contributed by atoms with Gasteiger partial charge in [0.15, 0.2) is 5.72 Å². The van der Waals surface area contributed by atoms with E-state index in [0.29, 0.717) is 25.9 Å². The second kappa shape index (κ2) is 4.65. The van der Waals surface area contributed by atoms with E-state index in [1.54, 1.807) is 9.96 Å². The van der Waals surface area contributed by atoms with Crippen molar-refractivity contribution in [2.24, 2.45) is 0 Å². The zero-order valence-electron chi connectivity index (χ0n) is 11.4. The van der Waals surface area contributed by atoms with Crippen molar-refractivity contribution in [1.82, 2.24) is 15.6 Å². The first-order chi connectivity index (χ1) is 8.32. The lowest BCUT2D eigenvalue weighted by molar-refractivity contribution is -0.186. The lowest BCUT2D eigenvalue weighted by Gasteiger charge is -2.39. The number of hydrogen-bond donors (Lipinski definition) is 1. The van der Waals surface area contributed by atoms with Crippen molar-refractivity contribution in [2.75, 3.05) is 20.1 Å². The van der Waals surface area contributed by atoms with Gasteiger partial charge in [-0.2, -0.15) is 4.94 Å². The number of nitrogens with zero attached hydrogens (tertiary/aromatic N) is 2. The summed E-state index contributed by atoms with van der Waals surface area (Å²) in [5, 5.41) is 1.65. The molecule has 1 spiro atoms. The Kier molecular flexibility index (Phi) is 3.50. The summed E-state index contributed by atoms with van der Waals surface area (Å²) >= 11 is 0. The first-order valence-corrected chi connectivity index (χ1v) is 6.14.